The van der Waals surface area contributed by atoms with Gasteiger partial charge >= 0.3 is 0 Å². The highest BCUT2D eigenvalue weighted by Crippen LogP contribution is 2.17. The van der Waals surface area contributed by atoms with Crippen LogP contribution in [0.1, 0.15) is 19.4 Å². The van der Waals surface area contributed by atoms with Gasteiger partial charge in [0.25, 0.3) is 0 Å². The van der Waals surface area contributed by atoms with Gasteiger partial charge in [-0.2, -0.15) is 0 Å². The van der Waals surface area contributed by atoms with Crippen molar-refractivity contribution in [3.63, 3.8) is 0 Å². The van der Waals surface area contributed by atoms with Gasteiger partial charge < -0.3 is 4.90 Å². The molecular formula is C18H24N2O3S. The Bertz CT molecular complexity index is 710. The quantitative estimate of drug-likeness (QED) is 0.750. The molecule has 0 aromatic heterocycles. The van der Waals surface area contributed by atoms with Gasteiger partial charge in [0.1, 0.15) is 0 Å². The molecule has 1 aliphatic rings. The first-order valence-corrected chi connectivity index (χ1v) is 9.65. The Kier molecular flexibility index (Phi) is 6.03. The van der Waals surface area contributed by atoms with E-state index in [0.29, 0.717) is 24.5 Å². The smallest absolute Gasteiger partial charge is 0.227 e. The van der Waals surface area contributed by atoms with Crippen LogP contribution in [0.25, 0.3) is 0 Å². The molecule has 0 saturated carbocycles. The molecule has 24 heavy (non-hydrogen) atoms. The van der Waals surface area contributed by atoms with Crippen molar-refractivity contribution in [3.8, 4) is 12.3 Å². The number of carbonyl (C=O) groups is 1. The third kappa shape index (κ3) is 4.37. The SMILES string of the molecule is C#CCN1CCN(C(=O)Cc2ccc(S(=O)(=O)C(C)C)cc2)CC1. The highest BCUT2D eigenvalue weighted by atomic mass is 32.2. The number of hydrogen-bond acceptors (Lipinski definition) is 4. The van der Waals surface area contributed by atoms with E-state index in [1.165, 1.54) is 0 Å². The molecule has 1 aliphatic heterocycles. The van der Waals surface area contributed by atoms with Crippen LogP contribution in [0.5, 0.6) is 0 Å². The summed E-state index contributed by atoms with van der Waals surface area (Å²) in [4.78, 5) is 16.7. The van der Waals surface area contributed by atoms with Crippen molar-refractivity contribution in [1.29, 1.82) is 0 Å². The maximum atomic E-state index is 12.4. The zero-order chi connectivity index (χ0) is 17.7. The van der Waals surface area contributed by atoms with Crippen LogP contribution in [0, 0.1) is 12.3 Å². The Morgan fingerprint density at radius 1 is 1.17 bits per heavy atom. The van der Waals surface area contributed by atoms with Gasteiger partial charge in [-0.1, -0.05) is 18.1 Å². The van der Waals surface area contributed by atoms with Crippen LogP contribution in [0.4, 0.5) is 0 Å². The molecule has 1 aromatic rings. The van der Waals surface area contributed by atoms with Crippen molar-refractivity contribution in [2.75, 3.05) is 32.7 Å². The molecule has 1 amide bonds. The molecule has 0 bridgehead atoms. The molecule has 0 aliphatic carbocycles. The van der Waals surface area contributed by atoms with Crippen LogP contribution in [-0.2, 0) is 21.1 Å². The van der Waals surface area contributed by atoms with Crippen molar-refractivity contribution in [2.24, 2.45) is 0 Å². The molecule has 1 aromatic carbocycles. The van der Waals surface area contributed by atoms with E-state index >= 15 is 0 Å². The standard InChI is InChI=1S/C18H24N2O3S/c1-4-9-19-10-12-20(13-11-19)18(21)14-16-5-7-17(8-6-16)24(22,23)15(2)3/h1,5-8,15H,9-14H2,2-3H3. The molecule has 130 valence electrons. The second-order valence-corrected chi connectivity index (χ2v) is 8.78. The molecule has 5 nitrogen and oxygen atoms in total. The predicted molar refractivity (Wildman–Crippen MR) is 94.3 cm³/mol. The number of hydrogen-bond donors (Lipinski definition) is 0. The van der Waals surface area contributed by atoms with E-state index in [1.807, 2.05) is 4.90 Å². The first-order chi connectivity index (χ1) is 11.3. The Hall–Kier alpha value is -1.84. The molecule has 0 spiro atoms. The van der Waals surface area contributed by atoms with E-state index in [-0.39, 0.29) is 12.3 Å². The summed E-state index contributed by atoms with van der Waals surface area (Å²) in [5.74, 6) is 2.68. The number of amides is 1. The van der Waals surface area contributed by atoms with Crippen molar-refractivity contribution in [1.82, 2.24) is 9.80 Å². The molecule has 0 atom stereocenters. The summed E-state index contributed by atoms with van der Waals surface area (Å²) in [6.45, 7) is 6.89. The molecule has 0 radical (unpaired) electrons. The number of piperazine rings is 1. The molecule has 1 heterocycles. The maximum absolute atomic E-state index is 12.4. The summed E-state index contributed by atoms with van der Waals surface area (Å²) in [6.07, 6.45) is 5.59. The monoisotopic (exact) mass is 348 g/mol. The van der Waals surface area contributed by atoms with Crippen LogP contribution >= 0.6 is 0 Å². The fraction of sp³-hybridized carbons (Fsp3) is 0.500. The second-order valence-electron chi connectivity index (χ2n) is 6.28. The van der Waals surface area contributed by atoms with Crippen LogP contribution < -0.4 is 0 Å². The number of benzene rings is 1. The predicted octanol–water partition coefficient (Wildman–Crippen LogP) is 1.19. The Morgan fingerprint density at radius 3 is 2.25 bits per heavy atom. The van der Waals surface area contributed by atoms with E-state index in [1.54, 1.807) is 38.1 Å². The third-order valence-electron chi connectivity index (χ3n) is 4.27. The van der Waals surface area contributed by atoms with Gasteiger partial charge in [0.2, 0.25) is 5.91 Å². The van der Waals surface area contributed by atoms with Gasteiger partial charge in [0, 0.05) is 26.2 Å². The number of rotatable bonds is 5. The van der Waals surface area contributed by atoms with Gasteiger partial charge in [-0.25, -0.2) is 8.42 Å². The van der Waals surface area contributed by atoms with Crippen LogP contribution in [-0.4, -0.2) is 62.1 Å². The second kappa shape index (κ2) is 7.82. The molecule has 1 fully saturated rings. The maximum Gasteiger partial charge on any atom is 0.227 e. The molecule has 0 unspecified atom stereocenters. The average molecular weight is 348 g/mol. The fourth-order valence-electron chi connectivity index (χ4n) is 2.64. The van der Waals surface area contributed by atoms with Crippen molar-refractivity contribution in [3.05, 3.63) is 29.8 Å². The van der Waals surface area contributed by atoms with Gasteiger partial charge in [0.05, 0.1) is 23.1 Å². The van der Waals surface area contributed by atoms with E-state index in [2.05, 4.69) is 10.8 Å². The van der Waals surface area contributed by atoms with Crippen molar-refractivity contribution >= 4 is 15.7 Å². The lowest BCUT2D eigenvalue weighted by atomic mass is 10.1. The molecular weight excluding hydrogens is 324 g/mol. The zero-order valence-electron chi connectivity index (χ0n) is 14.2. The third-order valence-corrected chi connectivity index (χ3v) is 6.44. The Morgan fingerprint density at radius 2 is 1.75 bits per heavy atom. The Balaban J connectivity index is 1.95. The summed E-state index contributed by atoms with van der Waals surface area (Å²) in [5, 5.41) is -0.454. The molecule has 0 N–H and O–H groups in total. The summed E-state index contributed by atoms with van der Waals surface area (Å²) < 4.78 is 24.2. The highest BCUT2D eigenvalue weighted by Gasteiger charge is 2.22. The van der Waals surface area contributed by atoms with Crippen LogP contribution in [0.15, 0.2) is 29.2 Å². The van der Waals surface area contributed by atoms with Gasteiger partial charge in [0.15, 0.2) is 9.84 Å². The summed E-state index contributed by atoms with van der Waals surface area (Å²) in [6, 6.07) is 6.62. The molecule has 1 saturated heterocycles. The van der Waals surface area contributed by atoms with Gasteiger partial charge in [-0.3, -0.25) is 9.69 Å². The number of carbonyl (C=O) groups excluding carboxylic acids is 1. The number of nitrogens with zero attached hydrogens (tertiary/aromatic N) is 2. The number of sulfone groups is 1. The van der Waals surface area contributed by atoms with Crippen LogP contribution in [0.3, 0.4) is 0 Å². The van der Waals surface area contributed by atoms with E-state index in [9.17, 15) is 13.2 Å². The highest BCUT2D eigenvalue weighted by molar-refractivity contribution is 7.92. The first-order valence-electron chi connectivity index (χ1n) is 8.11. The minimum atomic E-state index is -3.27. The summed E-state index contributed by atoms with van der Waals surface area (Å²) in [5.41, 5.74) is 0.828. The first kappa shape index (κ1) is 18.5. The fourth-order valence-corrected chi connectivity index (χ4v) is 3.70. The van der Waals surface area contributed by atoms with Gasteiger partial charge in [-0.05, 0) is 31.5 Å². The van der Waals surface area contributed by atoms with Crippen molar-refractivity contribution < 1.29 is 13.2 Å². The van der Waals surface area contributed by atoms with Gasteiger partial charge in [-0.15, -0.1) is 6.42 Å². The average Bonchev–Trinajstić information content (AvgIpc) is 2.56. The largest absolute Gasteiger partial charge is 0.340 e. The van der Waals surface area contributed by atoms with Crippen molar-refractivity contribution in [2.45, 2.75) is 30.4 Å². The van der Waals surface area contributed by atoms with E-state index in [4.69, 9.17) is 6.42 Å². The molecule has 6 heteroatoms. The lowest BCUT2D eigenvalue weighted by Gasteiger charge is -2.33. The minimum Gasteiger partial charge on any atom is -0.340 e. The number of terminal acetylenes is 1. The normalized spacial score (nSPS) is 16.2. The lowest BCUT2D eigenvalue weighted by molar-refractivity contribution is -0.132. The van der Waals surface area contributed by atoms with Crippen LogP contribution in [0.2, 0.25) is 0 Å². The minimum absolute atomic E-state index is 0.0647. The van der Waals surface area contributed by atoms with E-state index < -0.39 is 15.1 Å². The summed E-state index contributed by atoms with van der Waals surface area (Å²) in [7, 11) is -3.27. The molecule has 2 rings (SSSR count). The summed E-state index contributed by atoms with van der Waals surface area (Å²) >= 11 is 0. The van der Waals surface area contributed by atoms with E-state index in [0.717, 1.165) is 18.7 Å². The topological polar surface area (TPSA) is 57.7 Å². The lowest BCUT2D eigenvalue weighted by Crippen LogP contribution is -2.49. The Labute approximate surface area is 144 Å². The zero-order valence-corrected chi connectivity index (χ0v) is 15.1.